The normalized spacial score (nSPS) is 21.0. The van der Waals surface area contributed by atoms with E-state index in [4.69, 9.17) is 0 Å². The molecule has 2 heteroatoms. The third-order valence-corrected chi connectivity index (χ3v) is 3.58. The van der Waals surface area contributed by atoms with Gasteiger partial charge in [0.25, 0.3) is 0 Å². The molecule has 1 heterocycles. The summed E-state index contributed by atoms with van der Waals surface area (Å²) in [6.07, 6.45) is 7.15. The van der Waals surface area contributed by atoms with Gasteiger partial charge in [-0.05, 0) is 52.0 Å². The average Bonchev–Trinajstić information content (AvgIpc) is 2.38. The molecule has 19 heavy (non-hydrogen) atoms. The van der Waals surface area contributed by atoms with Crippen LogP contribution in [0.4, 0.5) is 0 Å². The van der Waals surface area contributed by atoms with Crippen molar-refractivity contribution in [3.8, 4) is 0 Å². The van der Waals surface area contributed by atoms with E-state index in [1.165, 1.54) is 24.8 Å². The van der Waals surface area contributed by atoms with Crippen LogP contribution in [0.25, 0.3) is 0 Å². The SMILES string of the molecule is CC(C)(C)N=CN1CCCCC1Cc1ccccc1. The van der Waals surface area contributed by atoms with E-state index >= 15 is 0 Å². The average molecular weight is 258 g/mol. The van der Waals surface area contributed by atoms with Gasteiger partial charge in [-0.15, -0.1) is 0 Å². The van der Waals surface area contributed by atoms with Gasteiger partial charge in [0, 0.05) is 12.6 Å². The van der Waals surface area contributed by atoms with E-state index < -0.39 is 0 Å². The van der Waals surface area contributed by atoms with Gasteiger partial charge in [-0.25, -0.2) is 0 Å². The molecule has 2 nitrogen and oxygen atoms in total. The third-order valence-electron chi connectivity index (χ3n) is 3.58. The first-order chi connectivity index (χ1) is 9.04. The number of aliphatic imine (C=N–C) groups is 1. The second kappa shape index (κ2) is 6.23. The summed E-state index contributed by atoms with van der Waals surface area (Å²) in [5, 5.41) is 0. The number of piperidine rings is 1. The van der Waals surface area contributed by atoms with Crippen LogP contribution in [0.1, 0.15) is 45.6 Å². The first-order valence-corrected chi connectivity index (χ1v) is 7.40. The minimum atomic E-state index is 0.0226. The quantitative estimate of drug-likeness (QED) is 0.593. The van der Waals surface area contributed by atoms with Crippen molar-refractivity contribution in [2.75, 3.05) is 6.54 Å². The molecule has 0 radical (unpaired) electrons. The first-order valence-electron chi connectivity index (χ1n) is 7.40. The van der Waals surface area contributed by atoms with Crippen LogP contribution in [0.3, 0.4) is 0 Å². The van der Waals surface area contributed by atoms with Gasteiger partial charge in [-0.1, -0.05) is 30.3 Å². The fourth-order valence-corrected chi connectivity index (χ4v) is 2.53. The van der Waals surface area contributed by atoms with Crippen LogP contribution in [0, 0.1) is 0 Å². The zero-order valence-corrected chi connectivity index (χ0v) is 12.5. The molecule has 0 N–H and O–H groups in total. The maximum Gasteiger partial charge on any atom is 0.0858 e. The number of hydrogen-bond donors (Lipinski definition) is 0. The third kappa shape index (κ3) is 4.70. The molecule has 0 aromatic heterocycles. The minimum Gasteiger partial charge on any atom is -0.360 e. The number of benzene rings is 1. The molecule has 1 aliphatic rings. The summed E-state index contributed by atoms with van der Waals surface area (Å²) in [5.74, 6) is 0. The molecule has 1 aromatic carbocycles. The van der Waals surface area contributed by atoms with Crippen molar-refractivity contribution in [1.29, 1.82) is 0 Å². The summed E-state index contributed by atoms with van der Waals surface area (Å²) in [7, 11) is 0. The number of rotatable bonds is 3. The van der Waals surface area contributed by atoms with Crippen molar-refractivity contribution in [3.05, 3.63) is 35.9 Å². The fraction of sp³-hybridized carbons (Fsp3) is 0.588. The molecule has 1 atom stereocenters. The molecular weight excluding hydrogens is 232 g/mol. The fourth-order valence-electron chi connectivity index (χ4n) is 2.53. The summed E-state index contributed by atoms with van der Waals surface area (Å²) in [6, 6.07) is 11.4. The van der Waals surface area contributed by atoms with Gasteiger partial charge in [0.1, 0.15) is 0 Å². The Bertz CT molecular complexity index is 403. The van der Waals surface area contributed by atoms with Crippen LogP contribution in [0.15, 0.2) is 35.3 Å². The molecule has 2 rings (SSSR count). The van der Waals surface area contributed by atoms with Gasteiger partial charge >= 0.3 is 0 Å². The highest BCUT2D eigenvalue weighted by Gasteiger charge is 2.20. The molecule has 1 fully saturated rings. The van der Waals surface area contributed by atoms with Gasteiger partial charge in [-0.3, -0.25) is 4.99 Å². The van der Waals surface area contributed by atoms with Gasteiger partial charge in [-0.2, -0.15) is 0 Å². The molecule has 0 bridgehead atoms. The maximum absolute atomic E-state index is 4.67. The Balaban J connectivity index is 2.02. The summed E-state index contributed by atoms with van der Waals surface area (Å²) >= 11 is 0. The topological polar surface area (TPSA) is 15.6 Å². The molecule has 1 aromatic rings. The lowest BCUT2D eigenvalue weighted by Crippen LogP contribution is -2.40. The molecular formula is C17H26N2. The van der Waals surface area contributed by atoms with E-state index in [0.717, 1.165) is 13.0 Å². The van der Waals surface area contributed by atoms with Gasteiger partial charge in [0.2, 0.25) is 0 Å². The van der Waals surface area contributed by atoms with Gasteiger partial charge in [0.15, 0.2) is 0 Å². The molecule has 0 amide bonds. The molecule has 1 saturated heterocycles. The molecule has 1 aliphatic heterocycles. The Morgan fingerprint density at radius 3 is 2.63 bits per heavy atom. The van der Waals surface area contributed by atoms with Crippen LogP contribution in [-0.4, -0.2) is 29.4 Å². The second-order valence-corrected chi connectivity index (χ2v) is 6.49. The lowest BCUT2D eigenvalue weighted by atomic mass is 9.96. The van der Waals surface area contributed by atoms with Crippen molar-refractivity contribution < 1.29 is 0 Å². The van der Waals surface area contributed by atoms with Crippen LogP contribution in [0.2, 0.25) is 0 Å². The highest BCUT2D eigenvalue weighted by Crippen LogP contribution is 2.20. The first kappa shape index (κ1) is 14.1. The Morgan fingerprint density at radius 2 is 1.95 bits per heavy atom. The largest absolute Gasteiger partial charge is 0.360 e. The van der Waals surface area contributed by atoms with Gasteiger partial charge < -0.3 is 4.90 Å². The zero-order chi connectivity index (χ0) is 13.7. The van der Waals surface area contributed by atoms with E-state index in [1.54, 1.807) is 0 Å². The molecule has 1 unspecified atom stereocenters. The van der Waals surface area contributed by atoms with E-state index in [9.17, 15) is 0 Å². The monoisotopic (exact) mass is 258 g/mol. The van der Waals surface area contributed by atoms with E-state index in [-0.39, 0.29) is 5.54 Å². The summed E-state index contributed by atoms with van der Waals surface area (Å²) in [6.45, 7) is 7.61. The highest BCUT2D eigenvalue weighted by molar-refractivity contribution is 5.56. The highest BCUT2D eigenvalue weighted by atomic mass is 15.2. The number of hydrogen-bond acceptors (Lipinski definition) is 1. The Kier molecular flexibility index (Phi) is 4.62. The second-order valence-electron chi connectivity index (χ2n) is 6.49. The number of likely N-dealkylation sites (tertiary alicyclic amines) is 1. The minimum absolute atomic E-state index is 0.0226. The van der Waals surface area contributed by atoms with Crippen molar-refractivity contribution >= 4 is 6.34 Å². The zero-order valence-electron chi connectivity index (χ0n) is 12.5. The lowest BCUT2D eigenvalue weighted by molar-refractivity contribution is 0.245. The van der Waals surface area contributed by atoms with Gasteiger partial charge in [0.05, 0.1) is 11.9 Å². The molecule has 104 valence electrons. The Labute approximate surface area is 117 Å². The Hall–Kier alpha value is -1.31. The van der Waals surface area contributed by atoms with Crippen molar-refractivity contribution in [1.82, 2.24) is 4.90 Å². The predicted molar refractivity (Wildman–Crippen MR) is 82.7 cm³/mol. The van der Waals surface area contributed by atoms with E-state index in [2.05, 4.69) is 67.3 Å². The van der Waals surface area contributed by atoms with E-state index in [1.807, 2.05) is 0 Å². The smallest absolute Gasteiger partial charge is 0.0858 e. The molecule has 0 aliphatic carbocycles. The van der Waals surface area contributed by atoms with Crippen molar-refractivity contribution in [3.63, 3.8) is 0 Å². The van der Waals surface area contributed by atoms with Crippen molar-refractivity contribution in [2.24, 2.45) is 4.99 Å². The predicted octanol–water partition coefficient (Wildman–Crippen LogP) is 3.91. The summed E-state index contributed by atoms with van der Waals surface area (Å²) in [4.78, 5) is 7.12. The molecule has 0 saturated carbocycles. The van der Waals surface area contributed by atoms with Crippen LogP contribution in [-0.2, 0) is 6.42 Å². The Morgan fingerprint density at radius 1 is 1.21 bits per heavy atom. The van der Waals surface area contributed by atoms with Crippen molar-refractivity contribution in [2.45, 2.75) is 58.0 Å². The molecule has 0 spiro atoms. The summed E-state index contributed by atoms with van der Waals surface area (Å²) in [5.41, 5.74) is 1.46. The standard InChI is InChI=1S/C17H26N2/c1-17(2,3)18-14-19-12-8-7-11-16(19)13-15-9-5-4-6-10-15/h4-6,9-10,14,16H,7-8,11-13H2,1-3H3. The van der Waals surface area contributed by atoms with Crippen LogP contribution in [0.5, 0.6) is 0 Å². The van der Waals surface area contributed by atoms with E-state index in [0.29, 0.717) is 6.04 Å². The lowest BCUT2D eigenvalue weighted by Gasteiger charge is -2.35. The van der Waals surface area contributed by atoms with Crippen LogP contribution >= 0.6 is 0 Å². The maximum atomic E-state index is 4.67. The number of nitrogens with zero attached hydrogens (tertiary/aromatic N) is 2. The summed E-state index contributed by atoms with van der Waals surface area (Å²) < 4.78 is 0. The van der Waals surface area contributed by atoms with Crippen LogP contribution < -0.4 is 0 Å².